The van der Waals surface area contributed by atoms with E-state index in [1.807, 2.05) is 0 Å². The summed E-state index contributed by atoms with van der Waals surface area (Å²) in [4.78, 5) is 4.98. The molecule has 3 heteroatoms. The van der Waals surface area contributed by atoms with E-state index in [-0.39, 0.29) is 0 Å². The number of hydrogen-bond donors (Lipinski definition) is 1. The van der Waals surface area contributed by atoms with E-state index in [0.717, 1.165) is 45.4 Å². The van der Waals surface area contributed by atoms with Crippen LogP contribution in [0.4, 0.5) is 5.69 Å². The Kier molecular flexibility index (Phi) is 3.99. The van der Waals surface area contributed by atoms with Gasteiger partial charge in [0, 0.05) is 37.9 Å². The third-order valence-electron chi connectivity index (χ3n) is 4.96. The van der Waals surface area contributed by atoms with Crippen molar-refractivity contribution in [2.24, 2.45) is 5.73 Å². The van der Waals surface area contributed by atoms with Crippen LogP contribution in [-0.2, 0) is 19.3 Å². The van der Waals surface area contributed by atoms with Gasteiger partial charge in [-0.1, -0.05) is 13.0 Å². The van der Waals surface area contributed by atoms with Crippen LogP contribution in [0.5, 0.6) is 0 Å². The average Bonchev–Trinajstić information content (AvgIpc) is 2.47. The summed E-state index contributed by atoms with van der Waals surface area (Å²) >= 11 is 0. The van der Waals surface area contributed by atoms with E-state index in [1.165, 1.54) is 17.7 Å². The monoisotopic (exact) mass is 273 g/mol. The molecule has 0 unspecified atom stereocenters. The van der Waals surface area contributed by atoms with Crippen LogP contribution in [0.2, 0.25) is 0 Å². The van der Waals surface area contributed by atoms with E-state index in [1.54, 1.807) is 11.1 Å². The molecule has 2 N–H and O–H groups in total. The summed E-state index contributed by atoms with van der Waals surface area (Å²) in [5, 5.41) is 0. The number of piperazine rings is 1. The Labute approximate surface area is 122 Å². The van der Waals surface area contributed by atoms with Gasteiger partial charge in [0.25, 0.3) is 0 Å². The van der Waals surface area contributed by atoms with Gasteiger partial charge in [-0.05, 0) is 55.5 Å². The first-order valence-electron chi connectivity index (χ1n) is 8.01. The minimum atomic E-state index is 0.348. The summed E-state index contributed by atoms with van der Waals surface area (Å²) in [7, 11) is 2.21. The third-order valence-corrected chi connectivity index (χ3v) is 4.96. The van der Waals surface area contributed by atoms with Gasteiger partial charge < -0.3 is 15.5 Å². The molecule has 1 aliphatic heterocycles. The van der Waals surface area contributed by atoms with E-state index < -0.39 is 0 Å². The van der Waals surface area contributed by atoms with Crippen molar-refractivity contribution >= 4 is 5.69 Å². The molecule has 1 saturated heterocycles. The zero-order chi connectivity index (χ0) is 14.1. The summed E-state index contributed by atoms with van der Waals surface area (Å²) in [6, 6.07) is 5.05. The predicted octanol–water partition coefficient (Wildman–Crippen LogP) is 1.82. The van der Waals surface area contributed by atoms with Gasteiger partial charge in [0.1, 0.15) is 0 Å². The van der Waals surface area contributed by atoms with Crippen molar-refractivity contribution in [2.75, 3.05) is 38.1 Å². The number of hydrogen-bond acceptors (Lipinski definition) is 3. The molecule has 110 valence electrons. The van der Waals surface area contributed by atoms with E-state index >= 15 is 0 Å². The van der Waals surface area contributed by atoms with E-state index in [0.29, 0.717) is 6.04 Å². The van der Waals surface area contributed by atoms with Crippen molar-refractivity contribution in [3.8, 4) is 0 Å². The quantitative estimate of drug-likeness (QED) is 0.892. The fourth-order valence-electron chi connectivity index (χ4n) is 3.64. The van der Waals surface area contributed by atoms with Crippen LogP contribution in [0.25, 0.3) is 0 Å². The Morgan fingerprint density at radius 2 is 1.90 bits per heavy atom. The summed E-state index contributed by atoms with van der Waals surface area (Å²) < 4.78 is 0. The lowest BCUT2D eigenvalue weighted by Gasteiger charge is -2.37. The number of aryl methyl sites for hydroxylation is 1. The number of nitrogens with zero attached hydrogens (tertiary/aromatic N) is 2. The van der Waals surface area contributed by atoms with Gasteiger partial charge in [0.2, 0.25) is 0 Å². The summed E-state index contributed by atoms with van der Waals surface area (Å²) in [6.45, 7) is 6.87. The normalized spacial score (nSPS) is 23.8. The Hall–Kier alpha value is -1.06. The summed E-state index contributed by atoms with van der Waals surface area (Å²) in [5.74, 6) is 0. The molecule has 3 nitrogen and oxygen atoms in total. The van der Waals surface area contributed by atoms with Crippen LogP contribution in [0.15, 0.2) is 12.1 Å². The predicted molar refractivity (Wildman–Crippen MR) is 85.5 cm³/mol. The first kappa shape index (κ1) is 13.9. The fourth-order valence-corrected chi connectivity index (χ4v) is 3.64. The highest BCUT2D eigenvalue weighted by Gasteiger charge is 2.24. The molecule has 0 amide bonds. The topological polar surface area (TPSA) is 32.5 Å². The molecule has 0 bridgehead atoms. The fraction of sp³-hybridized carbons (Fsp3) is 0.647. The van der Waals surface area contributed by atoms with Crippen molar-refractivity contribution in [3.63, 3.8) is 0 Å². The molecule has 0 spiro atoms. The van der Waals surface area contributed by atoms with Crippen molar-refractivity contribution in [3.05, 3.63) is 28.8 Å². The van der Waals surface area contributed by atoms with E-state index in [2.05, 4.69) is 35.9 Å². The SMILES string of the molecule is CCc1ccc(N2CCN(C)CC2)c2c1CC[C@@H](N)C2. The Balaban J connectivity index is 1.95. The number of benzene rings is 1. The second-order valence-corrected chi connectivity index (χ2v) is 6.35. The largest absolute Gasteiger partial charge is 0.369 e. The number of likely N-dealkylation sites (N-methyl/N-ethyl adjacent to an activating group) is 1. The molecule has 1 aliphatic carbocycles. The second-order valence-electron chi connectivity index (χ2n) is 6.35. The molecule has 0 aromatic heterocycles. The highest BCUT2D eigenvalue weighted by Crippen LogP contribution is 2.33. The molecular weight excluding hydrogens is 246 g/mol. The van der Waals surface area contributed by atoms with Crippen LogP contribution < -0.4 is 10.6 Å². The van der Waals surface area contributed by atoms with Crippen molar-refractivity contribution in [2.45, 2.75) is 38.6 Å². The molecule has 1 aromatic carbocycles. The van der Waals surface area contributed by atoms with E-state index in [9.17, 15) is 0 Å². The first-order chi connectivity index (χ1) is 9.69. The highest BCUT2D eigenvalue weighted by atomic mass is 15.2. The number of rotatable bonds is 2. The van der Waals surface area contributed by atoms with Gasteiger partial charge in [-0.25, -0.2) is 0 Å². The molecule has 2 aliphatic rings. The Morgan fingerprint density at radius 1 is 1.15 bits per heavy atom. The van der Waals surface area contributed by atoms with Crippen LogP contribution >= 0.6 is 0 Å². The molecule has 1 aromatic rings. The molecule has 1 heterocycles. The molecule has 1 fully saturated rings. The smallest absolute Gasteiger partial charge is 0.0403 e. The average molecular weight is 273 g/mol. The summed E-state index contributed by atoms with van der Waals surface area (Å²) in [6.07, 6.45) is 4.51. The van der Waals surface area contributed by atoms with Gasteiger partial charge in [-0.3, -0.25) is 0 Å². The van der Waals surface area contributed by atoms with Gasteiger partial charge in [-0.2, -0.15) is 0 Å². The maximum atomic E-state index is 6.23. The van der Waals surface area contributed by atoms with Crippen LogP contribution in [0, 0.1) is 0 Å². The van der Waals surface area contributed by atoms with Crippen LogP contribution in [-0.4, -0.2) is 44.2 Å². The lowest BCUT2D eigenvalue weighted by molar-refractivity contribution is 0.312. The maximum absolute atomic E-state index is 6.23. The van der Waals surface area contributed by atoms with Crippen molar-refractivity contribution in [1.82, 2.24) is 4.90 Å². The number of anilines is 1. The highest BCUT2D eigenvalue weighted by molar-refractivity contribution is 5.60. The van der Waals surface area contributed by atoms with Crippen molar-refractivity contribution in [1.29, 1.82) is 0 Å². The van der Waals surface area contributed by atoms with E-state index in [4.69, 9.17) is 5.73 Å². The Morgan fingerprint density at radius 3 is 2.60 bits per heavy atom. The van der Waals surface area contributed by atoms with Crippen LogP contribution in [0.1, 0.15) is 30.0 Å². The van der Waals surface area contributed by atoms with Crippen molar-refractivity contribution < 1.29 is 0 Å². The first-order valence-corrected chi connectivity index (χ1v) is 8.01. The molecule has 3 rings (SSSR count). The summed E-state index contributed by atoms with van der Waals surface area (Å²) in [5.41, 5.74) is 12.4. The Bertz CT molecular complexity index is 475. The van der Waals surface area contributed by atoms with Gasteiger partial charge in [0.15, 0.2) is 0 Å². The van der Waals surface area contributed by atoms with Gasteiger partial charge in [0.05, 0.1) is 0 Å². The lowest BCUT2D eigenvalue weighted by Crippen LogP contribution is -2.45. The number of nitrogens with two attached hydrogens (primary N) is 1. The number of fused-ring (bicyclic) bond motifs is 1. The molecular formula is C17H27N3. The zero-order valence-electron chi connectivity index (χ0n) is 12.9. The standard InChI is InChI=1S/C17H27N3/c1-3-13-4-7-17(20-10-8-19(2)9-11-20)16-12-14(18)5-6-15(13)16/h4,7,14H,3,5-6,8-12,18H2,1-2H3/t14-/m1/s1. The molecule has 1 atom stereocenters. The van der Waals surface area contributed by atoms with Gasteiger partial charge in [-0.15, -0.1) is 0 Å². The lowest BCUT2D eigenvalue weighted by atomic mass is 9.83. The molecule has 0 radical (unpaired) electrons. The zero-order valence-corrected chi connectivity index (χ0v) is 12.9. The second kappa shape index (κ2) is 5.74. The third kappa shape index (κ3) is 2.57. The maximum Gasteiger partial charge on any atom is 0.0403 e. The molecule has 0 saturated carbocycles. The molecule has 20 heavy (non-hydrogen) atoms. The minimum absolute atomic E-state index is 0.348. The van der Waals surface area contributed by atoms with Gasteiger partial charge >= 0.3 is 0 Å². The minimum Gasteiger partial charge on any atom is -0.369 e. The van der Waals surface area contributed by atoms with Crippen LogP contribution in [0.3, 0.4) is 0 Å².